The first-order chi connectivity index (χ1) is 16.7. The summed E-state index contributed by atoms with van der Waals surface area (Å²) in [5.41, 5.74) is 3.38. The van der Waals surface area contributed by atoms with Crippen molar-refractivity contribution in [3.63, 3.8) is 0 Å². The number of carbonyl (C=O) groups is 3. The van der Waals surface area contributed by atoms with Crippen molar-refractivity contribution in [1.82, 2.24) is 10.2 Å². The topological polar surface area (TPSA) is 95.9 Å². The maximum atomic E-state index is 12.8. The smallest absolute Gasteiger partial charge is 0.407 e. The maximum Gasteiger partial charge on any atom is 0.407 e. The summed E-state index contributed by atoms with van der Waals surface area (Å²) in [7, 11) is 1.52. The zero-order valence-corrected chi connectivity index (χ0v) is 20.6. The summed E-state index contributed by atoms with van der Waals surface area (Å²) < 4.78 is 5.71. The Morgan fingerprint density at radius 2 is 1.57 bits per heavy atom. The Bertz CT molecular complexity index is 1070. The van der Waals surface area contributed by atoms with Gasteiger partial charge in [-0.25, -0.2) is 9.59 Å². The molecular formula is C28H34N2O5. The molecule has 2 aliphatic rings. The van der Waals surface area contributed by atoms with Crippen LogP contribution in [0.2, 0.25) is 0 Å². The van der Waals surface area contributed by atoms with Gasteiger partial charge in [0, 0.05) is 25.4 Å². The number of hydrogen-bond acceptors (Lipinski definition) is 4. The molecule has 0 spiro atoms. The second-order valence-electron chi connectivity index (χ2n) is 10.1. The highest BCUT2D eigenvalue weighted by atomic mass is 16.5. The summed E-state index contributed by atoms with van der Waals surface area (Å²) in [6.07, 6.45) is 3.25. The van der Waals surface area contributed by atoms with Crippen molar-refractivity contribution in [3.8, 4) is 11.1 Å². The molecule has 1 saturated carbocycles. The summed E-state index contributed by atoms with van der Waals surface area (Å²) in [6, 6.07) is 16.2. The van der Waals surface area contributed by atoms with Gasteiger partial charge in [0.05, 0.1) is 0 Å². The Hall–Kier alpha value is -3.35. The third-order valence-corrected chi connectivity index (χ3v) is 7.73. The third kappa shape index (κ3) is 5.04. The second-order valence-corrected chi connectivity index (χ2v) is 10.1. The highest BCUT2D eigenvalue weighted by Crippen LogP contribution is 2.44. The van der Waals surface area contributed by atoms with Crippen LogP contribution < -0.4 is 5.32 Å². The van der Waals surface area contributed by atoms with Crippen LogP contribution in [0.3, 0.4) is 0 Å². The SMILES string of the molecule is CN(C(=O)C[C@H]1CCCC[C@H]1NC(=O)OCC1c2ccccc2-c2ccccc21)C(C)(C)C(=O)O. The van der Waals surface area contributed by atoms with E-state index >= 15 is 0 Å². The van der Waals surface area contributed by atoms with Crippen LogP contribution in [0.1, 0.15) is 63.0 Å². The van der Waals surface area contributed by atoms with Crippen molar-refractivity contribution >= 4 is 18.0 Å². The fraction of sp³-hybridized carbons (Fsp3) is 0.464. The van der Waals surface area contributed by atoms with Crippen LogP contribution >= 0.6 is 0 Å². The number of carbonyl (C=O) groups excluding carboxylic acids is 2. The van der Waals surface area contributed by atoms with Crippen molar-refractivity contribution < 1.29 is 24.2 Å². The van der Waals surface area contributed by atoms with E-state index in [4.69, 9.17) is 4.74 Å². The lowest BCUT2D eigenvalue weighted by molar-refractivity contribution is -0.155. The molecule has 1 fully saturated rings. The normalized spacial score (nSPS) is 19.4. The van der Waals surface area contributed by atoms with Crippen LogP contribution in [-0.2, 0) is 14.3 Å². The number of nitrogens with zero attached hydrogens (tertiary/aromatic N) is 1. The first-order valence-corrected chi connectivity index (χ1v) is 12.3. The van der Waals surface area contributed by atoms with Crippen molar-refractivity contribution in [3.05, 3.63) is 59.7 Å². The minimum absolute atomic E-state index is 0.0104. The Balaban J connectivity index is 1.38. The monoisotopic (exact) mass is 478 g/mol. The minimum Gasteiger partial charge on any atom is -0.480 e. The van der Waals surface area contributed by atoms with E-state index in [1.54, 1.807) is 0 Å². The minimum atomic E-state index is -1.29. The molecule has 7 heteroatoms. The van der Waals surface area contributed by atoms with E-state index in [-0.39, 0.29) is 36.8 Å². The summed E-state index contributed by atoms with van der Waals surface area (Å²) in [6.45, 7) is 3.27. The van der Waals surface area contributed by atoms with Gasteiger partial charge in [0.2, 0.25) is 5.91 Å². The molecule has 35 heavy (non-hydrogen) atoms. The van der Waals surface area contributed by atoms with Gasteiger partial charge in [0.15, 0.2) is 0 Å². The lowest BCUT2D eigenvalue weighted by atomic mass is 9.82. The fourth-order valence-electron chi connectivity index (χ4n) is 5.25. The van der Waals surface area contributed by atoms with Gasteiger partial charge in [-0.3, -0.25) is 4.79 Å². The molecule has 0 aliphatic heterocycles. The number of alkyl carbamates (subject to hydrolysis) is 1. The average Bonchev–Trinajstić information content (AvgIpc) is 3.17. The fourth-order valence-corrected chi connectivity index (χ4v) is 5.25. The average molecular weight is 479 g/mol. The van der Waals surface area contributed by atoms with Gasteiger partial charge in [-0.05, 0) is 54.9 Å². The van der Waals surface area contributed by atoms with E-state index in [2.05, 4.69) is 29.6 Å². The molecule has 2 aromatic carbocycles. The van der Waals surface area contributed by atoms with Crippen molar-refractivity contribution in [2.24, 2.45) is 5.92 Å². The molecule has 4 rings (SSSR count). The standard InChI is InChI=1S/C28H34N2O5/c1-28(2,26(32)33)30(3)25(31)16-18-10-4-9-15-24(18)29-27(34)35-17-23-21-13-7-5-11-19(21)20-12-6-8-14-22(20)23/h5-8,11-14,18,23-24H,4,9-10,15-17H2,1-3H3,(H,29,34)(H,32,33)/t18-,24-/m1/s1. The summed E-state index contributed by atoms with van der Waals surface area (Å²) >= 11 is 0. The molecule has 2 N–H and O–H groups in total. The number of nitrogens with one attached hydrogen (secondary N) is 1. The van der Waals surface area contributed by atoms with Gasteiger partial charge in [-0.1, -0.05) is 61.4 Å². The number of benzene rings is 2. The number of aliphatic carboxylic acids is 1. The van der Waals surface area contributed by atoms with Crippen molar-refractivity contribution in [2.45, 2.75) is 63.5 Å². The molecule has 2 aromatic rings. The Morgan fingerprint density at radius 3 is 2.17 bits per heavy atom. The second kappa shape index (κ2) is 10.1. The Morgan fingerprint density at radius 1 is 1.00 bits per heavy atom. The Labute approximate surface area is 206 Å². The van der Waals surface area contributed by atoms with Crippen LogP contribution in [0, 0.1) is 5.92 Å². The molecule has 0 saturated heterocycles. The molecule has 0 unspecified atom stereocenters. The highest BCUT2D eigenvalue weighted by molar-refractivity contribution is 5.86. The van der Waals surface area contributed by atoms with Gasteiger partial charge in [0.25, 0.3) is 0 Å². The number of fused-ring (bicyclic) bond motifs is 3. The van der Waals surface area contributed by atoms with E-state index in [9.17, 15) is 19.5 Å². The van der Waals surface area contributed by atoms with Crippen LogP contribution in [0.25, 0.3) is 11.1 Å². The van der Waals surface area contributed by atoms with E-state index in [0.717, 1.165) is 36.8 Å². The molecule has 0 bridgehead atoms. The van der Waals surface area contributed by atoms with E-state index in [1.165, 1.54) is 36.9 Å². The molecule has 0 radical (unpaired) electrons. The van der Waals surface area contributed by atoms with Gasteiger partial charge in [-0.15, -0.1) is 0 Å². The van der Waals surface area contributed by atoms with Crippen molar-refractivity contribution in [1.29, 1.82) is 0 Å². The number of carboxylic acids is 1. The van der Waals surface area contributed by atoms with E-state index in [1.807, 2.05) is 24.3 Å². The van der Waals surface area contributed by atoms with Crippen LogP contribution in [0.5, 0.6) is 0 Å². The van der Waals surface area contributed by atoms with Crippen LogP contribution in [-0.4, -0.2) is 53.2 Å². The predicted octanol–water partition coefficient (Wildman–Crippen LogP) is 4.80. The lowest BCUT2D eigenvalue weighted by Crippen LogP contribution is -2.52. The van der Waals surface area contributed by atoms with Gasteiger partial charge >= 0.3 is 12.1 Å². The predicted molar refractivity (Wildman–Crippen MR) is 133 cm³/mol. The molecule has 2 atom stereocenters. The summed E-state index contributed by atoms with van der Waals surface area (Å²) in [5, 5.41) is 12.4. The molecule has 2 amide bonds. The van der Waals surface area contributed by atoms with Gasteiger partial charge in [-0.2, -0.15) is 0 Å². The van der Waals surface area contributed by atoms with E-state index < -0.39 is 17.6 Å². The molecule has 2 aliphatic carbocycles. The molecule has 0 aromatic heterocycles. The van der Waals surface area contributed by atoms with Crippen LogP contribution in [0.15, 0.2) is 48.5 Å². The zero-order chi connectivity index (χ0) is 25.2. The molecule has 7 nitrogen and oxygen atoms in total. The quantitative estimate of drug-likeness (QED) is 0.596. The number of ether oxygens (including phenoxy) is 1. The van der Waals surface area contributed by atoms with E-state index in [0.29, 0.717) is 0 Å². The van der Waals surface area contributed by atoms with Gasteiger partial charge < -0.3 is 20.1 Å². The van der Waals surface area contributed by atoms with Crippen LogP contribution in [0.4, 0.5) is 4.79 Å². The number of carboxylic acid groups (broad SMARTS) is 1. The van der Waals surface area contributed by atoms with Crippen molar-refractivity contribution in [2.75, 3.05) is 13.7 Å². The number of likely N-dealkylation sites (N-methyl/N-ethyl adjacent to an activating group) is 1. The van der Waals surface area contributed by atoms with Gasteiger partial charge in [0.1, 0.15) is 12.1 Å². The highest BCUT2D eigenvalue weighted by Gasteiger charge is 2.37. The summed E-state index contributed by atoms with van der Waals surface area (Å²) in [5.74, 6) is -1.35. The number of amides is 2. The first kappa shape index (κ1) is 24.8. The maximum absolute atomic E-state index is 12.8. The number of hydrogen-bond donors (Lipinski definition) is 2. The first-order valence-electron chi connectivity index (χ1n) is 12.3. The third-order valence-electron chi connectivity index (χ3n) is 7.73. The molecule has 0 heterocycles. The number of rotatable bonds is 7. The largest absolute Gasteiger partial charge is 0.480 e. The summed E-state index contributed by atoms with van der Waals surface area (Å²) in [4.78, 5) is 38.5. The molecular weight excluding hydrogens is 444 g/mol. The Kier molecular flexibility index (Phi) is 7.15. The molecule has 186 valence electrons. The lowest BCUT2D eigenvalue weighted by Gasteiger charge is -2.36. The zero-order valence-electron chi connectivity index (χ0n) is 20.6.